The monoisotopic (exact) mass is 202 g/mol. The lowest BCUT2D eigenvalue weighted by Crippen LogP contribution is -2.36. The zero-order chi connectivity index (χ0) is 10.4. The zero-order valence-corrected chi connectivity index (χ0v) is 9.29. The smallest absolute Gasteiger partial charge is 0.0545 e. The van der Waals surface area contributed by atoms with Gasteiger partial charge in [0, 0.05) is 18.6 Å². The van der Waals surface area contributed by atoms with E-state index in [1.54, 1.807) is 0 Å². The van der Waals surface area contributed by atoms with Crippen molar-refractivity contribution in [3.8, 4) is 0 Å². The maximum absolute atomic E-state index is 9.37. The predicted octanol–water partition coefficient (Wildman–Crippen LogP) is 1.59. The van der Waals surface area contributed by atoms with Crippen molar-refractivity contribution in [2.24, 2.45) is 5.41 Å². The molecule has 1 aliphatic rings. The fourth-order valence-electron chi connectivity index (χ4n) is 1.82. The number of aliphatic hydroxyl groups excluding tert-OH is 1. The third-order valence-electron chi connectivity index (χ3n) is 2.82. The van der Waals surface area contributed by atoms with Crippen molar-refractivity contribution < 1.29 is 14.6 Å². The van der Waals surface area contributed by atoms with Gasteiger partial charge >= 0.3 is 0 Å². The molecule has 1 N–H and O–H groups in total. The Hall–Kier alpha value is -0.120. The van der Waals surface area contributed by atoms with E-state index in [9.17, 15) is 5.11 Å². The lowest BCUT2D eigenvalue weighted by Gasteiger charge is -2.35. The van der Waals surface area contributed by atoms with Gasteiger partial charge in [0.05, 0.1) is 19.3 Å². The molecule has 0 bridgehead atoms. The Bertz CT molecular complexity index is 151. The molecule has 0 radical (unpaired) electrons. The van der Waals surface area contributed by atoms with Crippen LogP contribution in [0.3, 0.4) is 0 Å². The largest absolute Gasteiger partial charge is 0.396 e. The molecular formula is C11H22O3. The highest BCUT2D eigenvalue weighted by atomic mass is 16.5. The van der Waals surface area contributed by atoms with Crippen LogP contribution in [0, 0.1) is 5.41 Å². The van der Waals surface area contributed by atoms with Gasteiger partial charge in [-0.3, -0.25) is 0 Å². The minimum atomic E-state index is -0.0346. The fraction of sp³-hybridized carbons (Fsp3) is 1.00. The second-order valence-electron chi connectivity index (χ2n) is 4.48. The van der Waals surface area contributed by atoms with Gasteiger partial charge in [0.25, 0.3) is 0 Å². The van der Waals surface area contributed by atoms with E-state index in [1.807, 2.05) is 13.8 Å². The first-order valence-electron chi connectivity index (χ1n) is 5.49. The molecule has 1 unspecified atom stereocenters. The molecule has 1 aliphatic heterocycles. The van der Waals surface area contributed by atoms with Gasteiger partial charge in [0.15, 0.2) is 0 Å². The third-order valence-corrected chi connectivity index (χ3v) is 2.82. The lowest BCUT2D eigenvalue weighted by atomic mass is 9.80. The quantitative estimate of drug-likeness (QED) is 0.736. The molecule has 1 rings (SSSR count). The molecule has 84 valence electrons. The van der Waals surface area contributed by atoms with E-state index in [4.69, 9.17) is 9.47 Å². The van der Waals surface area contributed by atoms with Crippen molar-refractivity contribution in [2.75, 3.05) is 26.4 Å². The van der Waals surface area contributed by atoms with Crippen LogP contribution >= 0.6 is 0 Å². The molecule has 1 saturated heterocycles. The molecule has 1 fully saturated rings. The SMILES string of the molecule is CC(C)OCCC1(CO)CCCOC1. The first-order valence-corrected chi connectivity index (χ1v) is 5.49. The summed E-state index contributed by atoms with van der Waals surface area (Å²) < 4.78 is 10.9. The highest BCUT2D eigenvalue weighted by Crippen LogP contribution is 2.31. The second kappa shape index (κ2) is 5.69. The molecule has 0 aromatic heterocycles. The molecule has 1 atom stereocenters. The van der Waals surface area contributed by atoms with E-state index in [1.165, 1.54) is 0 Å². The highest BCUT2D eigenvalue weighted by molar-refractivity contribution is 4.81. The van der Waals surface area contributed by atoms with Crippen molar-refractivity contribution in [3.63, 3.8) is 0 Å². The minimum absolute atomic E-state index is 0.0346. The van der Waals surface area contributed by atoms with Crippen LogP contribution in [0.2, 0.25) is 0 Å². The van der Waals surface area contributed by atoms with Crippen molar-refractivity contribution in [2.45, 2.75) is 39.2 Å². The Morgan fingerprint density at radius 3 is 2.79 bits per heavy atom. The second-order valence-corrected chi connectivity index (χ2v) is 4.48. The van der Waals surface area contributed by atoms with Crippen molar-refractivity contribution in [1.29, 1.82) is 0 Å². The van der Waals surface area contributed by atoms with Crippen LogP contribution in [0.5, 0.6) is 0 Å². The molecule has 0 aromatic rings. The normalized spacial score (nSPS) is 28.3. The fourth-order valence-corrected chi connectivity index (χ4v) is 1.82. The van der Waals surface area contributed by atoms with Crippen LogP contribution < -0.4 is 0 Å². The van der Waals surface area contributed by atoms with Gasteiger partial charge in [-0.25, -0.2) is 0 Å². The molecule has 0 aromatic carbocycles. The summed E-state index contributed by atoms with van der Waals surface area (Å²) in [7, 11) is 0. The maximum Gasteiger partial charge on any atom is 0.0545 e. The zero-order valence-electron chi connectivity index (χ0n) is 9.29. The number of rotatable bonds is 5. The molecule has 14 heavy (non-hydrogen) atoms. The van der Waals surface area contributed by atoms with E-state index in [2.05, 4.69) is 0 Å². The molecule has 0 saturated carbocycles. The van der Waals surface area contributed by atoms with Gasteiger partial charge in [-0.15, -0.1) is 0 Å². The van der Waals surface area contributed by atoms with Gasteiger partial charge in [-0.05, 0) is 33.1 Å². The van der Waals surface area contributed by atoms with Crippen LogP contribution in [0.1, 0.15) is 33.1 Å². The molecule has 3 heteroatoms. The number of hydrogen-bond donors (Lipinski definition) is 1. The van der Waals surface area contributed by atoms with Crippen LogP contribution in [0.4, 0.5) is 0 Å². The summed E-state index contributed by atoms with van der Waals surface area (Å²) in [5, 5.41) is 9.37. The van der Waals surface area contributed by atoms with Gasteiger partial charge in [-0.1, -0.05) is 0 Å². The first-order chi connectivity index (χ1) is 6.68. The molecular weight excluding hydrogens is 180 g/mol. The molecule has 0 amide bonds. The van der Waals surface area contributed by atoms with Crippen LogP contribution in [-0.2, 0) is 9.47 Å². The van der Waals surface area contributed by atoms with Gasteiger partial charge in [-0.2, -0.15) is 0 Å². The summed E-state index contributed by atoms with van der Waals surface area (Å²) in [5.74, 6) is 0. The Kier molecular flexibility index (Phi) is 4.85. The summed E-state index contributed by atoms with van der Waals surface area (Å²) in [6, 6.07) is 0. The Morgan fingerprint density at radius 1 is 1.50 bits per heavy atom. The number of aliphatic hydroxyl groups is 1. The number of hydrogen-bond acceptors (Lipinski definition) is 3. The maximum atomic E-state index is 9.37. The first kappa shape index (κ1) is 12.0. The van der Waals surface area contributed by atoms with Crippen molar-refractivity contribution in [1.82, 2.24) is 0 Å². The topological polar surface area (TPSA) is 38.7 Å². The predicted molar refractivity (Wildman–Crippen MR) is 55.3 cm³/mol. The molecule has 3 nitrogen and oxygen atoms in total. The van der Waals surface area contributed by atoms with Crippen molar-refractivity contribution in [3.05, 3.63) is 0 Å². The van der Waals surface area contributed by atoms with E-state index >= 15 is 0 Å². The molecule has 0 spiro atoms. The van der Waals surface area contributed by atoms with E-state index < -0.39 is 0 Å². The van der Waals surface area contributed by atoms with E-state index in [-0.39, 0.29) is 18.1 Å². The summed E-state index contributed by atoms with van der Waals surface area (Å²) in [5.41, 5.74) is -0.0346. The summed E-state index contributed by atoms with van der Waals surface area (Å²) >= 11 is 0. The molecule has 1 heterocycles. The summed E-state index contributed by atoms with van der Waals surface area (Å²) in [6.07, 6.45) is 3.30. The highest BCUT2D eigenvalue weighted by Gasteiger charge is 2.31. The van der Waals surface area contributed by atoms with Crippen molar-refractivity contribution >= 4 is 0 Å². The molecule has 0 aliphatic carbocycles. The Morgan fingerprint density at radius 2 is 2.29 bits per heavy atom. The third kappa shape index (κ3) is 3.56. The van der Waals surface area contributed by atoms with E-state index in [0.29, 0.717) is 6.61 Å². The Balaban J connectivity index is 2.29. The summed E-state index contributed by atoms with van der Waals surface area (Å²) in [6.45, 7) is 6.53. The lowest BCUT2D eigenvalue weighted by molar-refractivity contribution is -0.0600. The Labute approximate surface area is 86.4 Å². The standard InChI is InChI=1S/C11H22O3/c1-10(2)14-7-5-11(8-12)4-3-6-13-9-11/h10,12H,3-9H2,1-2H3. The van der Waals surface area contributed by atoms with Gasteiger partial charge < -0.3 is 14.6 Å². The minimum Gasteiger partial charge on any atom is -0.396 e. The average Bonchev–Trinajstić information content (AvgIpc) is 2.19. The van der Waals surface area contributed by atoms with E-state index in [0.717, 1.165) is 32.5 Å². The van der Waals surface area contributed by atoms with Crippen LogP contribution in [-0.4, -0.2) is 37.6 Å². The van der Waals surface area contributed by atoms with Crippen LogP contribution in [0.15, 0.2) is 0 Å². The van der Waals surface area contributed by atoms with Gasteiger partial charge in [0.2, 0.25) is 0 Å². The van der Waals surface area contributed by atoms with Gasteiger partial charge in [0.1, 0.15) is 0 Å². The summed E-state index contributed by atoms with van der Waals surface area (Å²) in [4.78, 5) is 0. The average molecular weight is 202 g/mol. The number of ether oxygens (including phenoxy) is 2. The van der Waals surface area contributed by atoms with Crippen LogP contribution in [0.25, 0.3) is 0 Å².